The van der Waals surface area contributed by atoms with Gasteiger partial charge >= 0.3 is 0 Å². The van der Waals surface area contributed by atoms with E-state index in [0.717, 1.165) is 41.1 Å². The van der Waals surface area contributed by atoms with Crippen molar-refractivity contribution in [2.45, 2.75) is 19.4 Å². The Bertz CT molecular complexity index is 445. The van der Waals surface area contributed by atoms with Gasteiger partial charge in [-0.25, -0.2) is 0 Å². The number of benzene rings is 1. The molecule has 1 unspecified atom stereocenters. The highest BCUT2D eigenvalue weighted by atomic mass is 79.9. The third-order valence-corrected chi connectivity index (χ3v) is 3.42. The molecule has 1 aromatic rings. The van der Waals surface area contributed by atoms with Crippen LogP contribution < -0.4 is 10.1 Å². The quantitative estimate of drug-likeness (QED) is 0.904. The van der Waals surface area contributed by atoms with Crippen molar-refractivity contribution in [3.63, 3.8) is 0 Å². The lowest BCUT2D eigenvalue weighted by atomic mass is 10.0. The second-order valence-corrected chi connectivity index (χ2v) is 5.04. The first kappa shape index (κ1) is 13.4. The Morgan fingerprint density at radius 1 is 1.50 bits per heavy atom. The van der Waals surface area contributed by atoms with Crippen LogP contribution in [0.3, 0.4) is 0 Å². The molecule has 0 radical (unpaired) electrons. The largest absolute Gasteiger partial charge is 0.496 e. The number of nitrogens with one attached hydrogen (secondary N) is 1. The van der Waals surface area contributed by atoms with Crippen molar-refractivity contribution in [1.82, 2.24) is 5.32 Å². The van der Waals surface area contributed by atoms with Crippen LogP contribution in [0.1, 0.15) is 24.9 Å². The second-order valence-electron chi connectivity index (χ2n) is 4.12. The van der Waals surface area contributed by atoms with Crippen LogP contribution >= 0.6 is 15.9 Å². The highest BCUT2D eigenvalue weighted by Gasteiger charge is 2.23. The Morgan fingerprint density at radius 2 is 2.33 bits per heavy atom. The molecule has 0 aromatic heterocycles. The van der Waals surface area contributed by atoms with E-state index in [4.69, 9.17) is 9.47 Å². The molecule has 2 rings (SSSR count). The summed E-state index contributed by atoms with van der Waals surface area (Å²) in [6.07, 6.45) is 3.13. The van der Waals surface area contributed by atoms with Gasteiger partial charge in [0.2, 0.25) is 0 Å². The van der Waals surface area contributed by atoms with E-state index in [0.29, 0.717) is 0 Å². The van der Waals surface area contributed by atoms with E-state index in [1.165, 1.54) is 0 Å². The maximum atomic E-state index is 5.68. The van der Waals surface area contributed by atoms with Gasteiger partial charge in [-0.3, -0.25) is 0 Å². The third-order valence-electron chi connectivity index (χ3n) is 2.93. The number of hydrogen-bond acceptors (Lipinski definition) is 3. The van der Waals surface area contributed by atoms with E-state index in [1.807, 2.05) is 12.1 Å². The zero-order valence-corrected chi connectivity index (χ0v) is 12.3. The molecule has 0 amide bonds. The van der Waals surface area contributed by atoms with Gasteiger partial charge in [-0.2, -0.15) is 0 Å². The zero-order valence-electron chi connectivity index (χ0n) is 10.7. The maximum Gasteiger partial charge on any atom is 0.125 e. The number of methoxy groups -OCH3 is 1. The minimum atomic E-state index is 0.0700. The summed E-state index contributed by atoms with van der Waals surface area (Å²) >= 11 is 3.46. The van der Waals surface area contributed by atoms with Crippen molar-refractivity contribution in [2.75, 3.05) is 20.3 Å². The summed E-state index contributed by atoms with van der Waals surface area (Å²) < 4.78 is 12.2. The SMILES string of the molecule is CCNC(C1=CCCO1)c1ccc(Br)cc1OC. The lowest BCUT2D eigenvalue weighted by Gasteiger charge is -2.21. The highest BCUT2D eigenvalue weighted by Crippen LogP contribution is 2.34. The molecule has 1 atom stereocenters. The number of ether oxygens (including phenoxy) is 2. The predicted octanol–water partition coefficient (Wildman–Crippen LogP) is 3.41. The summed E-state index contributed by atoms with van der Waals surface area (Å²) in [6, 6.07) is 6.15. The van der Waals surface area contributed by atoms with Crippen molar-refractivity contribution in [1.29, 1.82) is 0 Å². The normalized spacial score (nSPS) is 16.1. The van der Waals surface area contributed by atoms with E-state index in [-0.39, 0.29) is 6.04 Å². The van der Waals surface area contributed by atoms with Gasteiger partial charge in [0.05, 0.1) is 19.8 Å². The fourth-order valence-corrected chi connectivity index (χ4v) is 2.47. The van der Waals surface area contributed by atoms with Crippen LogP contribution in [0.25, 0.3) is 0 Å². The van der Waals surface area contributed by atoms with E-state index in [9.17, 15) is 0 Å². The number of hydrogen-bond donors (Lipinski definition) is 1. The molecule has 1 N–H and O–H groups in total. The Labute approximate surface area is 116 Å². The Kier molecular flexibility index (Phi) is 4.66. The van der Waals surface area contributed by atoms with Crippen LogP contribution in [0, 0.1) is 0 Å². The van der Waals surface area contributed by atoms with Crippen molar-refractivity contribution < 1.29 is 9.47 Å². The van der Waals surface area contributed by atoms with Crippen molar-refractivity contribution >= 4 is 15.9 Å². The fourth-order valence-electron chi connectivity index (χ4n) is 2.13. The summed E-state index contributed by atoms with van der Waals surface area (Å²) in [5.74, 6) is 1.86. The van der Waals surface area contributed by atoms with Crippen LogP contribution in [-0.2, 0) is 4.74 Å². The zero-order chi connectivity index (χ0) is 13.0. The van der Waals surface area contributed by atoms with Crippen LogP contribution in [0.4, 0.5) is 0 Å². The summed E-state index contributed by atoms with van der Waals surface area (Å²) in [5.41, 5.74) is 1.11. The van der Waals surface area contributed by atoms with Crippen molar-refractivity contribution in [3.05, 3.63) is 40.1 Å². The molecule has 0 aliphatic carbocycles. The smallest absolute Gasteiger partial charge is 0.125 e. The number of likely N-dealkylation sites (N-methyl/N-ethyl adjacent to an activating group) is 1. The van der Waals surface area contributed by atoms with Crippen LogP contribution in [0.5, 0.6) is 5.75 Å². The molecular formula is C14H18BrNO2. The second kappa shape index (κ2) is 6.25. The molecule has 3 nitrogen and oxygen atoms in total. The molecule has 0 fully saturated rings. The van der Waals surface area contributed by atoms with E-state index >= 15 is 0 Å². The first-order valence-electron chi connectivity index (χ1n) is 6.16. The molecule has 0 saturated carbocycles. The summed E-state index contributed by atoms with van der Waals surface area (Å²) in [4.78, 5) is 0. The molecule has 1 aliphatic heterocycles. The highest BCUT2D eigenvalue weighted by molar-refractivity contribution is 9.10. The standard InChI is InChI=1S/C14H18BrNO2/c1-3-16-14(12-5-4-8-18-12)11-7-6-10(15)9-13(11)17-2/h5-7,9,14,16H,3-4,8H2,1-2H3. The van der Waals surface area contributed by atoms with Gasteiger partial charge in [0.15, 0.2) is 0 Å². The Balaban J connectivity index is 2.35. The minimum Gasteiger partial charge on any atom is -0.496 e. The van der Waals surface area contributed by atoms with Gasteiger partial charge in [0.1, 0.15) is 11.5 Å². The average Bonchev–Trinajstić information content (AvgIpc) is 2.90. The van der Waals surface area contributed by atoms with Gasteiger partial charge in [-0.05, 0) is 24.8 Å². The molecule has 0 bridgehead atoms. The first-order valence-corrected chi connectivity index (χ1v) is 6.95. The molecule has 1 aromatic carbocycles. The monoisotopic (exact) mass is 311 g/mol. The summed E-state index contributed by atoms with van der Waals surface area (Å²) in [5, 5.41) is 3.45. The van der Waals surface area contributed by atoms with Gasteiger partial charge < -0.3 is 14.8 Å². The predicted molar refractivity (Wildman–Crippen MR) is 75.8 cm³/mol. The molecular weight excluding hydrogens is 294 g/mol. The fraction of sp³-hybridized carbons (Fsp3) is 0.429. The molecule has 0 saturated heterocycles. The third kappa shape index (κ3) is 2.87. The van der Waals surface area contributed by atoms with Gasteiger partial charge in [0, 0.05) is 16.5 Å². The molecule has 0 spiro atoms. The van der Waals surface area contributed by atoms with E-state index < -0.39 is 0 Å². The Morgan fingerprint density at radius 3 is 2.94 bits per heavy atom. The lowest BCUT2D eigenvalue weighted by molar-refractivity contribution is 0.214. The molecule has 1 aliphatic rings. The van der Waals surface area contributed by atoms with Crippen LogP contribution in [-0.4, -0.2) is 20.3 Å². The summed E-state index contributed by atoms with van der Waals surface area (Å²) in [6.45, 7) is 3.74. The van der Waals surface area contributed by atoms with E-state index in [2.05, 4.69) is 40.3 Å². The minimum absolute atomic E-state index is 0.0700. The van der Waals surface area contributed by atoms with Crippen molar-refractivity contribution in [2.24, 2.45) is 0 Å². The molecule has 98 valence electrons. The topological polar surface area (TPSA) is 30.5 Å². The number of rotatable bonds is 5. The molecule has 4 heteroatoms. The lowest BCUT2D eigenvalue weighted by Crippen LogP contribution is -2.23. The first-order chi connectivity index (χ1) is 8.76. The number of halogens is 1. The average molecular weight is 312 g/mol. The van der Waals surface area contributed by atoms with E-state index in [1.54, 1.807) is 7.11 Å². The van der Waals surface area contributed by atoms with Gasteiger partial charge in [-0.15, -0.1) is 0 Å². The van der Waals surface area contributed by atoms with Crippen LogP contribution in [0.15, 0.2) is 34.5 Å². The maximum absolute atomic E-state index is 5.68. The van der Waals surface area contributed by atoms with Crippen LogP contribution in [0.2, 0.25) is 0 Å². The molecule has 18 heavy (non-hydrogen) atoms. The summed E-state index contributed by atoms with van der Waals surface area (Å²) in [7, 11) is 1.69. The van der Waals surface area contributed by atoms with Gasteiger partial charge in [0.25, 0.3) is 0 Å². The van der Waals surface area contributed by atoms with Crippen molar-refractivity contribution in [3.8, 4) is 5.75 Å². The Hall–Kier alpha value is -1.00. The van der Waals surface area contributed by atoms with Gasteiger partial charge in [-0.1, -0.05) is 28.9 Å². The molecule has 1 heterocycles.